The molecule has 2 aromatic carbocycles. The van der Waals surface area contributed by atoms with Gasteiger partial charge in [0.15, 0.2) is 0 Å². The Morgan fingerprint density at radius 2 is 1.80 bits per heavy atom. The van der Waals surface area contributed by atoms with Crippen LogP contribution in [-0.2, 0) is 10.0 Å². The number of aromatic amines is 1. The Labute approximate surface area is 155 Å². The molecule has 1 N–H and O–H groups in total. The van der Waals surface area contributed by atoms with Crippen LogP contribution < -0.4 is 0 Å². The minimum absolute atomic E-state index is 0.0404. The molecular weight excluding hydrogens is 381 g/mol. The van der Waals surface area contributed by atoms with Crippen LogP contribution in [0.3, 0.4) is 0 Å². The van der Waals surface area contributed by atoms with Gasteiger partial charge in [-0.2, -0.15) is 4.31 Å². The molecular formula is C17H15Cl2N3O2S. The molecule has 130 valence electrons. The number of para-hydroxylation sites is 2. The number of halogens is 2. The molecule has 0 amide bonds. The molecule has 0 saturated carbocycles. The van der Waals surface area contributed by atoms with Crippen molar-refractivity contribution < 1.29 is 8.42 Å². The summed E-state index contributed by atoms with van der Waals surface area (Å²) in [5, 5.41) is 0.255. The van der Waals surface area contributed by atoms with Gasteiger partial charge in [0.25, 0.3) is 0 Å². The molecule has 1 aliphatic heterocycles. The largest absolute Gasteiger partial charge is 0.341 e. The van der Waals surface area contributed by atoms with E-state index in [0.29, 0.717) is 18.8 Å². The number of nitrogens with one attached hydrogen (secondary N) is 1. The number of nitrogens with zero attached hydrogens (tertiary/aromatic N) is 2. The van der Waals surface area contributed by atoms with E-state index in [1.54, 1.807) is 6.07 Å². The van der Waals surface area contributed by atoms with E-state index in [1.807, 2.05) is 24.3 Å². The number of rotatable bonds is 3. The summed E-state index contributed by atoms with van der Waals surface area (Å²) in [5.41, 5.74) is 1.70. The molecule has 8 heteroatoms. The molecule has 2 heterocycles. The summed E-state index contributed by atoms with van der Waals surface area (Å²) in [4.78, 5) is 7.77. The van der Waals surface area contributed by atoms with Crippen molar-refractivity contribution in [3.8, 4) is 0 Å². The second-order valence-electron chi connectivity index (χ2n) is 5.96. The Balaban J connectivity index is 1.78. The molecule has 5 nitrogen and oxygen atoms in total. The number of H-pyrrole nitrogens is 1. The van der Waals surface area contributed by atoms with Gasteiger partial charge in [-0.1, -0.05) is 41.4 Å². The predicted molar refractivity (Wildman–Crippen MR) is 98.4 cm³/mol. The van der Waals surface area contributed by atoms with Crippen molar-refractivity contribution in [1.29, 1.82) is 0 Å². The molecule has 1 saturated heterocycles. The quantitative estimate of drug-likeness (QED) is 0.714. The van der Waals surface area contributed by atoms with Gasteiger partial charge in [-0.15, -0.1) is 0 Å². The van der Waals surface area contributed by atoms with Gasteiger partial charge in [0.2, 0.25) is 10.0 Å². The molecule has 1 aromatic heterocycles. The number of aromatic nitrogens is 2. The normalized spacial score (nSPS) is 18.9. The number of fused-ring (bicyclic) bond motifs is 1. The van der Waals surface area contributed by atoms with Crippen LogP contribution in [0.4, 0.5) is 0 Å². The topological polar surface area (TPSA) is 66.1 Å². The molecule has 25 heavy (non-hydrogen) atoms. The smallest absolute Gasteiger partial charge is 0.246 e. The summed E-state index contributed by atoms with van der Waals surface area (Å²) in [6.07, 6.45) is 1.45. The average Bonchev–Trinajstić information content (AvgIpc) is 3.21. The summed E-state index contributed by atoms with van der Waals surface area (Å²) < 4.78 is 27.8. The Bertz CT molecular complexity index is 996. The zero-order valence-corrected chi connectivity index (χ0v) is 15.4. The van der Waals surface area contributed by atoms with Gasteiger partial charge in [-0.25, -0.2) is 13.4 Å². The van der Waals surface area contributed by atoms with Crippen molar-refractivity contribution >= 4 is 44.3 Å². The third kappa shape index (κ3) is 2.83. The van der Waals surface area contributed by atoms with Crippen LogP contribution in [-0.4, -0.2) is 29.2 Å². The van der Waals surface area contributed by atoms with Gasteiger partial charge in [-0.05, 0) is 37.1 Å². The highest BCUT2D eigenvalue weighted by Crippen LogP contribution is 2.39. The molecule has 0 aliphatic carbocycles. The van der Waals surface area contributed by atoms with Crippen molar-refractivity contribution in [3.63, 3.8) is 0 Å². The second kappa shape index (κ2) is 6.29. The fraction of sp³-hybridized carbons (Fsp3) is 0.235. The lowest BCUT2D eigenvalue weighted by atomic mass is 10.2. The highest BCUT2D eigenvalue weighted by atomic mass is 35.5. The van der Waals surface area contributed by atoms with Crippen LogP contribution in [0.15, 0.2) is 47.4 Å². The Morgan fingerprint density at radius 1 is 1.08 bits per heavy atom. The first-order valence-corrected chi connectivity index (χ1v) is 10.1. The van der Waals surface area contributed by atoms with E-state index < -0.39 is 10.0 Å². The number of hydrogen-bond donors (Lipinski definition) is 1. The summed E-state index contributed by atoms with van der Waals surface area (Å²) in [6, 6.07) is 12.0. The van der Waals surface area contributed by atoms with Gasteiger partial charge >= 0.3 is 0 Å². The van der Waals surface area contributed by atoms with Crippen LogP contribution in [0.1, 0.15) is 24.7 Å². The monoisotopic (exact) mass is 395 g/mol. The molecule has 4 rings (SSSR count). The molecule has 1 unspecified atom stereocenters. The molecule has 1 aliphatic rings. The average molecular weight is 396 g/mol. The molecule has 0 spiro atoms. The van der Waals surface area contributed by atoms with Crippen molar-refractivity contribution in [2.75, 3.05) is 6.54 Å². The first-order chi connectivity index (χ1) is 12.0. The predicted octanol–water partition coefficient (Wildman–Crippen LogP) is 4.40. The Hall–Kier alpha value is -1.60. The molecule has 1 fully saturated rings. The lowest BCUT2D eigenvalue weighted by Crippen LogP contribution is -2.31. The fourth-order valence-electron chi connectivity index (χ4n) is 3.28. The number of hydrogen-bond acceptors (Lipinski definition) is 3. The Morgan fingerprint density at radius 3 is 2.52 bits per heavy atom. The van der Waals surface area contributed by atoms with Crippen LogP contribution >= 0.6 is 23.2 Å². The van der Waals surface area contributed by atoms with Gasteiger partial charge < -0.3 is 4.98 Å². The van der Waals surface area contributed by atoms with Crippen LogP contribution in [0.5, 0.6) is 0 Å². The third-order valence-corrected chi connectivity index (χ3v) is 7.28. The molecule has 1 atom stereocenters. The summed E-state index contributed by atoms with van der Waals surface area (Å²) in [7, 11) is -3.83. The van der Waals surface area contributed by atoms with E-state index in [-0.39, 0.29) is 21.0 Å². The molecule has 3 aromatic rings. The summed E-state index contributed by atoms with van der Waals surface area (Å²) in [6.45, 7) is 0.408. The first kappa shape index (κ1) is 16.8. The Kier molecular flexibility index (Phi) is 4.24. The first-order valence-electron chi connectivity index (χ1n) is 7.89. The highest BCUT2D eigenvalue weighted by Gasteiger charge is 2.39. The SMILES string of the molecule is O=S(=O)(c1c(Cl)cccc1Cl)N1CCCC1c1nc2ccccc2[nH]1. The van der Waals surface area contributed by atoms with Gasteiger partial charge in [0.05, 0.1) is 27.1 Å². The van der Waals surface area contributed by atoms with Crippen LogP contribution in [0.25, 0.3) is 11.0 Å². The minimum Gasteiger partial charge on any atom is -0.341 e. The standard InChI is InChI=1S/C17H15Cl2N3O2S/c18-11-5-3-6-12(19)16(11)25(23,24)22-10-4-9-15(22)17-20-13-7-1-2-8-14(13)21-17/h1-3,5-8,15H,4,9-10H2,(H,20,21). The lowest BCUT2D eigenvalue weighted by Gasteiger charge is -2.23. The van der Waals surface area contributed by atoms with E-state index in [9.17, 15) is 8.42 Å². The van der Waals surface area contributed by atoms with Crippen LogP contribution in [0.2, 0.25) is 10.0 Å². The third-order valence-electron chi connectivity index (χ3n) is 4.41. The maximum absolute atomic E-state index is 13.2. The van der Waals surface area contributed by atoms with Crippen LogP contribution in [0, 0.1) is 0 Å². The van der Waals surface area contributed by atoms with Crippen molar-refractivity contribution in [2.24, 2.45) is 0 Å². The maximum Gasteiger partial charge on any atom is 0.246 e. The number of benzene rings is 2. The zero-order chi connectivity index (χ0) is 17.6. The molecule has 0 bridgehead atoms. The summed E-state index contributed by atoms with van der Waals surface area (Å²) >= 11 is 12.3. The van der Waals surface area contributed by atoms with Gasteiger partial charge in [0, 0.05) is 6.54 Å². The summed E-state index contributed by atoms with van der Waals surface area (Å²) in [5.74, 6) is 0.644. The van der Waals surface area contributed by atoms with Crippen molar-refractivity contribution in [1.82, 2.24) is 14.3 Å². The lowest BCUT2D eigenvalue weighted by molar-refractivity contribution is 0.386. The number of imidazole rings is 1. The number of sulfonamides is 1. The fourth-order valence-corrected chi connectivity index (χ4v) is 6.03. The highest BCUT2D eigenvalue weighted by molar-refractivity contribution is 7.89. The van der Waals surface area contributed by atoms with Gasteiger partial charge in [-0.3, -0.25) is 0 Å². The second-order valence-corrected chi connectivity index (χ2v) is 8.61. The van der Waals surface area contributed by atoms with E-state index in [1.165, 1.54) is 16.4 Å². The molecule has 0 radical (unpaired) electrons. The minimum atomic E-state index is -3.83. The van der Waals surface area contributed by atoms with Crippen molar-refractivity contribution in [2.45, 2.75) is 23.8 Å². The van der Waals surface area contributed by atoms with E-state index >= 15 is 0 Å². The van der Waals surface area contributed by atoms with Gasteiger partial charge in [0.1, 0.15) is 10.7 Å². The zero-order valence-electron chi connectivity index (χ0n) is 13.1. The van der Waals surface area contributed by atoms with Crippen molar-refractivity contribution in [3.05, 3.63) is 58.3 Å². The van der Waals surface area contributed by atoms with E-state index in [0.717, 1.165) is 17.5 Å². The maximum atomic E-state index is 13.2. The van der Waals surface area contributed by atoms with E-state index in [2.05, 4.69) is 9.97 Å². The van der Waals surface area contributed by atoms with E-state index in [4.69, 9.17) is 23.2 Å².